The molecule has 5 N–H and O–H groups in total. The van der Waals surface area contributed by atoms with Crippen molar-refractivity contribution in [2.24, 2.45) is 65.1 Å². The smallest absolute Gasteiger partial charge is 0.139 e. The molecule has 75 heavy (non-hydrogen) atoms. The van der Waals surface area contributed by atoms with Gasteiger partial charge in [0.05, 0.1) is 16.2 Å². The van der Waals surface area contributed by atoms with E-state index in [9.17, 15) is 14.3 Å². The maximum atomic E-state index is 14.1. The number of carbonyl (C=O) groups is 1. The Kier molecular flexibility index (Phi) is 13.9. The Bertz CT molecular complexity index is 2470. The van der Waals surface area contributed by atoms with Gasteiger partial charge in [0.25, 0.3) is 0 Å². The SMILES string of the molecule is FC1C2CC3CC1CC(NCC1=CC=CC1)(C3)C2.O=C1C2CC3CC1CC(NCC1=CC=CC1)(C3)C2.OC1C2CC3CC1CC(NCC1=CC=CC1)(C3)C2.c1cc2cc(CNC34CC5COC(CC(C5)C3)C4)sc2s1. The molecule has 2 aliphatic heterocycles. The van der Waals surface area contributed by atoms with Crippen LogP contribution in [0.2, 0.25) is 0 Å². The van der Waals surface area contributed by atoms with Gasteiger partial charge in [-0.3, -0.25) is 4.79 Å². The fourth-order valence-electron chi connectivity index (χ4n) is 20.1. The Labute approximate surface area is 455 Å². The van der Waals surface area contributed by atoms with Crippen LogP contribution in [-0.2, 0) is 16.1 Å². The molecule has 14 saturated carbocycles. The summed E-state index contributed by atoms with van der Waals surface area (Å²) in [5.74, 6) is 7.47. The van der Waals surface area contributed by atoms with Crippen LogP contribution in [0.1, 0.15) is 153 Å². The number of rotatable bonds is 12. The van der Waals surface area contributed by atoms with Gasteiger partial charge < -0.3 is 31.1 Å². The van der Waals surface area contributed by atoms with Crippen molar-refractivity contribution in [2.75, 3.05) is 26.2 Å². The fourth-order valence-corrected chi connectivity index (χ4v) is 22.2. The van der Waals surface area contributed by atoms with Crippen LogP contribution in [0, 0.1) is 65.1 Å². The van der Waals surface area contributed by atoms with Gasteiger partial charge in [-0.25, -0.2) is 4.39 Å². The van der Waals surface area contributed by atoms with E-state index in [1.807, 2.05) is 22.7 Å². The maximum Gasteiger partial charge on any atom is 0.139 e. The Morgan fingerprint density at radius 2 is 1.04 bits per heavy atom. The summed E-state index contributed by atoms with van der Waals surface area (Å²) in [7, 11) is 0. The molecule has 2 aromatic heterocycles. The van der Waals surface area contributed by atoms with Crippen LogP contribution in [0.25, 0.3) is 9.40 Å². The number of nitrogens with one attached hydrogen (secondary N) is 4. The summed E-state index contributed by atoms with van der Waals surface area (Å²) >= 11 is 3.83. The van der Waals surface area contributed by atoms with E-state index < -0.39 is 6.17 Å². The number of hydrogen-bond donors (Lipinski definition) is 5. The summed E-state index contributed by atoms with van der Waals surface area (Å²) in [6.45, 7) is 5.14. The minimum Gasteiger partial charge on any atom is -0.393 e. The zero-order valence-corrected chi connectivity index (χ0v) is 46.4. The van der Waals surface area contributed by atoms with Crippen LogP contribution < -0.4 is 21.3 Å². The minimum absolute atomic E-state index is 0.00355. The summed E-state index contributed by atoms with van der Waals surface area (Å²) in [5.41, 5.74) is 5.81. The Morgan fingerprint density at radius 1 is 0.560 bits per heavy atom. The molecule has 2 saturated heterocycles. The van der Waals surface area contributed by atoms with Crippen molar-refractivity contribution in [1.82, 2.24) is 21.3 Å². The highest BCUT2D eigenvalue weighted by Gasteiger charge is 2.58. The molecular formula is C65H87FN4O3S2. The van der Waals surface area contributed by atoms with Gasteiger partial charge >= 0.3 is 0 Å². The van der Waals surface area contributed by atoms with Crippen molar-refractivity contribution in [1.29, 1.82) is 0 Å². The Hall–Kier alpha value is -2.54. The van der Waals surface area contributed by atoms with E-state index in [0.29, 0.717) is 64.0 Å². The van der Waals surface area contributed by atoms with Gasteiger partial charge in [-0.2, -0.15) is 0 Å². The zero-order chi connectivity index (χ0) is 50.4. The predicted octanol–water partition coefficient (Wildman–Crippen LogP) is 12.8. The van der Waals surface area contributed by atoms with Crippen molar-refractivity contribution >= 4 is 37.9 Å². The predicted molar refractivity (Wildman–Crippen MR) is 303 cm³/mol. The van der Waals surface area contributed by atoms with Crippen molar-refractivity contribution in [3.63, 3.8) is 0 Å². The molecule has 0 amide bonds. The van der Waals surface area contributed by atoms with E-state index in [2.05, 4.69) is 93.5 Å². The van der Waals surface area contributed by atoms with Gasteiger partial charge in [-0.1, -0.05) is 71.4 Å². The topological polar surface area (TPSA) is 94.7 Å². The highest BCUT2D eigenvalue weighted by atomic mass is 32.2. The second-order valence-corrected chi connectivity index (χ2v) is 30.5. The van der Waals surface area contributed by atoms with Gasteiger partial charge in [0.1, 0.15) is 12.0 Å². The lowest BCUT2D eigenvalue weighted by atomic mass is 9.52. The number of Topliss-reactive ketones (excluding diaryl/α,β-unsaturated/α-hetero) is 1. The Balaban J connectivity index is 0.0000000920. The lowest BCUT2D eigenvalue weighted by Gasteiger charge is -2.59. The van der Waals surface area contributed by atoms with Crippen LogP contribution in [0.3, 0.4) is 0 Å². The quantitative estimate of drug-likeness (QED) is 0.145. The summed E-state index contributed by atoms with van der Waals surface area (Å²) in [4.78, 5) is 13.6. The first-order valence-corrected chi connectivity index (χ1v) is 32.2. The van der Waals surface area contributed by atoms with Gasteiger partial charge in [0, 0.05) is 77.0 Å². The number of ketones is 1. The van der Waals surface area contributed by atoms with Gasteiger partial charge in [-0.05, 0) is 218 Å². The van der Waals surface area contributed by atoms with Crippen LogP contribution in [0.5, 0.6) is 0 Å². The third-order valence-electron chi connectivity index (χ3n) is 22.6. The molecule has 10 unspecified atom stereocenters. The Morgan fingerprint density at radius 3 is 1.59 bits per heavy atom. The maximum absolute atomic E-state index is 14.1. The number of allylic oxidation sites excluding steroid dienone is 9. The zero-order valence-electron chi connectivity index (χ0n) is 44.8. The largest absolute Gasteiger partial charge is 0.393 e. The molecular weight excluding hydrogens is 968 g/mol. The second kappa shape index (κ2) is 20.5. The van der Waals surface area contributed by atoms with Gasteiger partial charge in [0.2, 0.25) is 0 Å². The molecule has 2 aromatic rings. The number of fused-ring (bicyclic) bond motifs is 2. The lowest BCUT2D eigenvalue weighted by molar-refractivity contribution is -0.142. The molecule has 0 spiro atoms. The second-order valence-electron chi connectivity index (χ2n) is 28.2. The molecule has 19 aliphatic rings. The van der Waals surface area contributed by atoms with Crippen LogP contribution >= 0.6 is 22.7 Å². The standard InChI is InChI=1S/C17H21NOS2.C16H22FN.C16H23NO.C16H21NO/c1-2-20-16-13(1)5-15(21-16)9-18-17-6-11-3-12(7-17)10-19-14(4-11)8-17;17-15-13-5-12-6-14(15)9-16(7-12,8-13)18-10-11-3-1-2-4-11;2*18-15-13-5-12-6-14(15)9-16(7-12,8-13)17-10-11-3-1-2-4-11/h1-2,5,11-12,14,18H,3-4,6-10H2;1-3,12-15,18H,4-10H2;1-3,12-15,17-18H,4-10H2;1-3,12-14,17H,4-10H2. The molecule has 17 aliphatic carbocycles. The number of carbonyl (C=O) groups excluding carboxylic acids is 1. The third kappa shape index (κ3) is 10.5. The van der Waals surface area contributed by atoms with E-state index in [1.54, 1.807) is 0 Å². The molecule has 4 heterocycles. The first-order chi connectivity index (χ1) is 36.5. The number of aliphatic hydroxyl groups excluding tert-OH is 1. The number of halogens is 1. The van der Waals surface area contributed by atoms with E-state index in [4.69, 9.17) is 4.74 Å². The summed E-state index contributed by atoms with van der Waals surface area (Å²) in [6, 6.07) is 4.61. The number of thiophene rings is 2. The first kappa shape index (κ1) is 50.7. The van der Waals surface area contributed by atoms with Gasteiger partial charge in [0.15, 0.2) is 0 Å². The highest BCUT2D eigenvalue weighted by Crippen LogP contribution is 2.58. The summed E-state index contributed by atoms with van der Waals surface area (Å²) < 4.78 is 21.7. The van der Waals surface area contributed by atoms with E-state index in [1.165, 1.54) is 121 Å². The number of alkyl halides is 1. The van der Waals surface area contributed by atoms with Crippen LogP contribution in [0.15, 0.2) is 88.9 Å². The van der Waals surface area contributed by atoms with E-state index in [0.717, 1.165) is 120 Å². The number of aliphatic hydroxyl groups is 1. The summed E-state index contributed by atoms with van der Waals surface area (Å²) in [6.07, 6.45) is 47.9. The molecule has 7 nitrogen and oxygen atoms in total. The molecule has 21 rings (SSSR count). The van der Waals surface area contributed by atoms with Crippen LogP contribution in [-0.4, -0.2) is 77.7 Å². The monoisotopic (exact) mass is 1050 g/mol. The van der Waals surface area contributed by atoms with Crippen molar-refractivity contribution in [3.8, 4) is 0 Å². The molecule has 10 heteroatoms. The summed E-state index contributed by atoms with van der Waals surface area (Å²) in [5, 5.41) is 29.4. The fraction of sp³-hybridized carbons (Fsp3) is 0.708. The molecule has 10 atom stereocenters. The third-order valence-corrected chi connectivity index (χ3v) is 24.8. The highest BCUT2D eigenvalue weighted by molar-refractivity contribution is 7.37. The average Bonchev–Trinajstić information content (AvgIpc) is 4.27. The average molecular weight is 1060 g/mol. The van der Waals surface area contributed by atoms with Crippen molar-refractivity contribution in [2.45, 2.75) is 195 Å². The van der Waals surface area contributed by atoms with Crippen LogP contribution in [0.4, 0.5) is 4.39 Å². The molecule has 16 fully saturated rings. The molecule has 404 valence electrons. The normalized spacial score (nSPS) is 44.9. The molecule has 0 aromatic carbocycles. The number of hydrogen-bond acceptors (Lipinski definition) is 9. The van der Waals surface area contributed by atoms with E-state index >= 15 is 0 Å². The van der Waals surface area contributed by atoms with Crippen molar-refractivity contribution in [3.05, 3.63) is 93.8 Å². The molecule has 16 bridgehead atoms. The van der Waals surface area contributed by atoms with E-state index in [-0.39, 0.29) is 11.6 Å². The van der Waals surface area contributed by atoms with Gasteiger partial charge in [-0.15, -0.1) is 22.7 Å². The lowest BCUT2D eigenvalue weighted by Crippen LogP contribution is -2.62. The minimum atomic E-state index is -0.496. The molecule has 0 radical (unpaired) electrons. The number of ether oxygens (including phenoxy) is 1. The first-order valence-electron chi connectivity index (χ1n) is 30.5. The van der Waals surface area contributed by atoms with Crippen molar-refractivity contribution < 1.29 is 19.0 Å².